The molecule has 0 aromatic carbocycles. The molecule has 0 aromatic heterocycles. The summed E-state index contributed by atoms with van der Waals surface area (Å²) in [6, 6.07) is 0. The second-order valence-corrected chi connectivity index (χ2v) is 17.8. The Morgan fingerprint density at radius 3 is 0.160 bits per heavy atom. The Labute approximate surface area is 662 Å². The van der Waals surface area contributed by atoms with E-state index in [2.05, 4.69) is 313 Å². The van der Waals surface area contributed by atoms with Crippen molar-refractivity contribution in [3.05, 3.63) is 64.9 Å². The molecule has 0 rings (SSSR count). The predicted molar refractivity (Wildman–Crippen MR) is 452 cm³/mol. The van der Waals surface area contributed by atoms with Crippen molar-refractivity contribution >= 4 is 209 Å². The van der Waals surface area contributed by atoms with Crippen molar-refractivity contribution < 1.29 is 72.2 Å². The minimum atomic E-state index is 0. The Kier molecular flexibility index (Phi) is 363. The standard InChI is InChI=1S/8C6H15N.12CNS.2Ni/c8*1-4-7(5-2)6-3;12*2-1-3;;/h8*4-6H2,1-3H3;;;;;;;;;;;;;;/q;;;;;;;;12*-1;2*+2/p+8. The molecule has 0 saturated carbocycles. The minimum absolute atomic E-state index is 0. The minimum Gasteiger partial charge on any atom is -0.753 e. The molecular weight excluding hydrogens is 1500 g/mol. The molecule has 8 N–H and O–H groups in total. The van der Waals surface area contributed by atoms with Gasteiger partial charge in [0.2, 0.25) is 0 Å². The molecule has 0 aliphatic heterocycles. The number of thiocarbonyl (C=S) groups is 12. The van der Waals surface area contributed by atoms with Crippen molar-refractivity contribution in [2.75, 3.05) is 157 Å². The summed E-state index contributed by atoms with van der Waals surface area (Å²) in [6.07, 6.45) is 0. The van der Waals surface area contributed by atoms with Gasteiger partial charge >= 0.3 is 33.0 Å². The van der Waals surface area contributed by atoms with Gasteiger partial charge in [-0.05, 0) is 166 Å². The molecule has 94 heavy (non-hydrogen) atoms. The molecule has 0 bridgehead atoms. The summed E-state index contributed by atoms with van der Waals surface area (Å²) in [6.45, 7) is 83.9. The Morgan fingerprint density at radius 2 is 0.160 bits per heavy atom. The summed E-state index contributed by atoms with van der Waals surface area (Å²) < 4.78 is 0. The smallest absolute Gasteiger partial charge is 0.753 e. The van der Waals surface area contributed by atoms with Crippen LogP contribution >= 0.6 is 147 Å². The van der Waals surface area contributed by atoms with Gasteiger partial charge in [-0.3, -0.25) is 0 Å². The third kappa shape index (κ3) is 336. The van der Waals surface area contributed by atoms with Crippen molar-refractivity contribution in [2.24, 2.45) is 0 Å². The molecule has 34 heteroatoms. The van der Waals surface area contributed by atoms with Crippen LogP contribution in [0.5, 0.6) is 0 Å². The van der Waals surface area contributed by atoms with Crippen LogP contribution in [-0.2, 0) is 33.0 Å². The van der Waals surface area contributed by atoms with Crippen molar-refractivity contribution in [2.45, 2.75) is 166 Å². The zero-order valence-electron chi connectivity index (χ0n) is 61.9. The second kappa shape index (κ2) is 219. The van der Waals surface area contributed by atoms with E-state index in [1.807, 2.05) is 0 Å². The van der Waals surface area contributed by atoms with E-state index >= 15 is 0 Å². The molecule has 20 nitrogen and oxygen atoms in total. The fourth-order valence-electron chi connectivity index (χ4n) is 6.00. The zero-order chi connectivity index (χ0) is 78.1. The maximum Gasteiger partial charge on any atom is 2.00 e. The molecule has 0 aliphatic carbocycles. The molecule has 560 valence electrons. The van der Waals surface area contributed by atoms with Crippen LogP contribution in [0.15, 0.2) is 0 Å². The third-order valence-electron chi connectivity index (χ3n) is 12.0. The van der Waals surface area contributed by atoms with Crippen LogP contribution < -0.4 is 39.2 Å². The van der Waals surface area contributed by atoms with E-state index in [0.717, 1.165) is 0 Å². The number of hydrogen-bond donors (Lipinski definition) is 8. The number of nitrogens with one attached hydrogen (secondary N) is 8. The van der Waals surface area contributed by atoms with E-state index in [0.29, 0.717) is 0 Å². The second-order valence-electron chi connectivity index (χ2n) is 15.6. The topological polar surface area (TPSA) is 303 Å². The number of hydrogen-bond acceptors (Lipinski definition) is 12. The Bertz CT molecular complexity index is 1190. The fourth-order valence-corrected chi connectivity index (χ4v) is 6.00. The summed E-state index contributed by atoms with van der Waals surface area (Å²) in [7, 11) is 0. The van der Waals surface area contributed by atoms with Gasteiger partial charge in [-0.1, -0.05) is 147 Å². The van der Waals surface area contributed by atoms with Gasteiger partial charge in [0.1, 0.15) is 0 Å². The van der Waals surface area contributed by atoms with Gasteiger partial charge in [-0.15, -0.1) is 0 Å². The molecule has 0 atom stereocenters. The average Bonchev–Trinajstić information content (AvgIpc) is 3.54. The number of nitrogens with zero attached hydrogens (tertiary/aromatic N) is 12. The molecule has 0 amide bonds. The van der Waals surface area contributed by atoms with Gasteiger partial charge in [0.15, 0.2) is 0 Å². The SMILES string of the molecule is CC[NH+](CC)CC.CC[NH+](CC)CC.CC[NH+](CC)CC.CC[NH+](CC)CC.CC[NH+](CC)CC.CC[NH+](CC)CC.CC[NH+](CC)CC.CC[NH+](CC)CC.[N-]=C=S.[N-]=C=S.[N-]=C=S.[N-]=C=S.[N-]=C=S.[N-]=C=S.[N-]=C=S.[N-]=C=S.[N-]=C=S.[N-]=C=S.[N-]=C=S.[N-]=C=S.[Ni+2].[Ni+2]. The van der Waals surface area contributed by atoms with Crippen molar-refractivity contribution in [1.29, 1.82) is 0 Å². The monoisotopic (exact) mass is 1630 g/mol. The van der Waals surface area contributed by atoms with E-state index < -0.39 is 0 Å². The average molecular weight is 1630 g/mol. The summed E-state index contributed by atoms with van der Waals surface area (Å²) in [5.41, 5.74) is 0. The number of rotatable bonds is 24. The van der Waals surface area contributed by atoms with Gasteiger partial charge in [0.25, 0.3) is 0 Å². The van der Waals surface area contributed by atoms with E-state index in [1.54, 1.807) is 39.2 Å². The van der Waals surface area contributed by atoms with Crippen LogP contribution in [0.4, 0.5) is 0 Å². The number of isothiocyanates is 12. The van der Waals surface area contributed by atoms with Gasteiger partial charge in [-0.25, -0.2) is 0 Å². The summed E-state index contributed by atoms with van der Waals surface area (Å²) in [5.74, 6) is 0. The van der Waals surface area contributed by atoms with Crippen molar-refractivity contribution in [3.8, 4) is 0 Å². The molecule has 0 heterocycles. The van der Waals surface area contributed by atoms with Crippen molar-refractivity contribution in [3.63, 3.8) is 0 Å². The molecule has 0 spiro atoms. The van der Waals surface area contributed by atoms with Gasteiger partial charge in [-0.2, -0.15) is 61.9 Å². The van der Waals surface area contributed by atoms with Gasteiger partial charge < -0.3 is 104 Å². The summed E-state index contributed by atoms with van der Waals surface area (Å²) in [4.78, 5) is 13.4. The van der Waals surface area contributed by atoms with Crippen LogP contribution in [0, 0.1) is 0 Å². The summed E-state index contributed by atoms with van der Waals surface area (Å²) >= 11 is 44.4. The Hall–Kier alpha value is -1.73. The molecule has 0 fully saturated rings. The van der Waals surface area contributed by atoms with E-state index in [9.17, 15) is 0 Å². The van der Waals surface area contributed by atoms with Crippen LogP contribution in [0.25, 0.3) is 64.9 Å². The first-order valence-electron chi connectivity index (χ1n) is 30.6. The molecule has 0 saturated heterocycles. The Balaban J connectivity index is -0.0000000294. The molecule has 0 aromatic rings. The van der Waals surface area contributed by atoms with Crippen LogP contribution in [0.1, 0.15) is 166 Å². The zero-order valence-corrected chi connectivity index (χ0v) is 73.6. The van der Waals surface area contributed by atoms with E-state index in [-0.39, 0.29) is 33.0 Å². The maximum atomic E-state index is 7.13. The molecule has 0 aliphatic rings. The van der Waals surface area contributed by atoms with E-state index in [4.69, 9.17) is 64.9 Å². The van der Waals surface area contributed by atoms with Crippen LogP contribution in [0.2, 0.25) is 0 Å². The third-order valence-corrected chi connectivity index (χ3v) is 12.0. The maximum absolute atomic E-state index is 7.13. The molecule has 0 unspecified atom stereocenters. The molecule has 0 radical (unpaired) electrons. The predicted octanol–water partition coefficient (Wildman–Crippen LogP) is 7.35. The first kappa shape index (κ1) is 156. The molecular formula is C60H128N20Ni2S12. The van der Waals surface area contributed by atoms with E-state index in [1.165, 1.54) is 219 Å². The quantitative estimate of drug-likeness (QED) is 0.0267. The van der Waals surface area contributed by atoms with Gasteiger partial charge in [0, 0.05) is 0 Å². The first-order chi connectivity index (χ1) is 43.7. The van der Waals surface area contributed by atoms with Crippen LogP contribution in [0.3, 0.4) is 0 Å². The van der Waals surface area contributed by atoms with Crippen LogP contribution in [-0.4, -0.2) is 219 Å². The Morgan fingerprint density at radius 1 is 0.138 bits per heavy atom. The summed E-state index contributed by atoms with van der Waals surface area (Å²) in [5, 5.41) is 102. The fraction of sp³-hybridized carbons (Fsp3) is 0.800. The van der Waals surface area contributed by atoms with Gasteiger partial charge in [0.05, 0.1) is 157 Å². The largest absolute Gasteiger partial charge is 2.00 e. The normalized spacial score (nSPS) is 7.15. The first-order valence-corrected chi connectivity index (χ1v) is 35.5. The number of quaternary nitrogens is 8. The van der Waals surface area contributed by atoms with Crippen molar-refractivity contribution in [1.82, 2.24) is 0 Å².